The number of carbonyl (C=O) groups excluding carboxylic acids is 1. The molecule has 0 aliphatic rings. The van der Waals surface area contributed by atoms with Crippen molar-refractivity contribution < 1.29 is 13.9 Å². The molecule has 1 N–H and O–H groups in total. The van der Waals surface area contributed by atoms with Crippen LogP contribution in [-0.2, 0) is 10.5 Å². The predicted octanol–water partition coefficient (Wildman–Crippen LogP) is 3.76. The first-order chi connectivity index (χ1) is 10.2. The van der Waals surface area contributed by atoms with Crippen LogP contribution in [-0.4, -0.2) is 25.3 Å². The lowest BCUT2D eigenvalue weighted by Gasteiger charge is -2.08. The van der Waals surface area contributed by atoms with Crippen molar-refractivity contribution in [2.24, 2.45) is 0 Å². The number of methoxy groups -OCH3 is 1. The number of benzene rings is 1. The topological polar surface area (TPSA) is 38.3 Å². The zero-order valence-corrected chi connectivity index (χ0v) is 13.6. The summed E-state index contributed by atoms with van der Waals surface area (Å²) in [4.78, 5) is 11.7. The SMILES string of the molecule is CCCCCCNC(=O)CSCc1cc(F)ccc1OC. The van der Waals surface area contributed by atoms with Crippen molar-refractivity contribution in [1.82, 2.24) is 5.32 Å². The summed E-state index contributed by atoms with van der Waals surface area (Å²) in [5.41, 5.74) is 0.776. The van der Waals surface area contributed by atoms with Gasteiger partial charge in [0.2, 0.25) is 5.91 Å². The summed E-state index contributed by atoms with van der Waals surface area (Å²) < 4.78 is 18.4. The minimum Gasteiger partial charge on any atom is -0.496 e. The van der Waals surface area contributed by atoms with E-state index in [1.165, 1.54) is 36.7 Å². The van der Waals surface area contributed by atoms with Gasteiger partial charge in [-0.2, -0.15) is 0 Å². The minimum absolute atomic E-state index is 0.0341. The van der Waals surface area contributed by atoms with E-state index in [0.29, 0.717) is 17.3 Å². The molecule has 0 aliphatic heterocycles. The Kier molecular flexibility index (Phi) is 8.90. The molecular formula is C16H24FNO2S. The molecule has 0 aliphatic carbocycles. The number of rotatable bonds is 10. The van der Waals surface area contributed by atoms with E-state index in [1.54, 1.807) is 13.2 Å². The largest absolute Gasteiger partial charge is 0.496 e. The number of unbranched alkanes of at least 4 members (excludes halogenated alkanes) is 3. The van der Waals surface area contributed by atoms with Crippen molar-refractivity contribution in [1.29, 1.82) is 0 Å². The molecule has 0 saturated heterocycles. The van der Waals surface area contributed by atoms with Crippen LogP contribution in [0.25, 0.3) is 0 Å². The predicted molar refractivity (Wildman–Crippen MR) is 86.3 cm³/mol. The average Bonchev–Trinajstić information content (AvgIpc) is 2.47. The number of thioether (sulfide) groups is 1. The van der Waals surface area contributed by atoms with E-state index in [4.69, 9.17) is 4.74 Å². The summed E-state index contributed by atoms with van der Waals surface area (Å²) in [6.45, 7) is 2.90. The maximum absolute atomic E-state index is 13.2. The highest BCUT2D eigenvalue weighted by molar-refractivity contribution is 7.99. The van der Waals surface area contributed by atoms with Gasteiger partial charge in [0, 0.05) is 17.9 Å². The number of ether oxygens (including phenoxy) is 1. The second-order valence-corrected chi connectivity index (χ2v) is 5.85. The number of halogens is 1. The third-order valence-corrected chi connectivity index (χ3v) is 4.07. The monoisotopic (exact) mass is 313 g/mol. The van der Waals surface area contributed by atoms with Gasteiger partial charge in [-0.25, -0.2) is 4.39 Å². The maximum atomic E-state index is 13.2. The van der Waals surface area contributed by atoms with Gasteiger partial charge >= 0.3 is 0 Å². The Labute approximate surface area is 130 Å². The minimum atomic E-state index is -0.285. The molecule has 0 radical (unpaired) electrons. The lowest BCUT2D eigenvalue weighted by atomic mass is 10.2. The summed E-state index contributed by atoms with van der Waals surface area (Å²) in [6.07, 6.45) is 4.59. The van der Waals surface area contributed by atoms with Crippen LogP contribution < -0.4 is 10.1 Å². The van der Waals surface area contributed by atoms with Crippen molar-refractivity contribution in [3.63, 3.8) is 0 Å². The Morgan fingerprint density at radius 2 is 2.14 bits per heavy atom. The van der Waals surface area contributed by atoms with Gasteiger partial charge in [0.15, 0.2) is 0 Å². The number of hydrogen-bond acceptors (Lipinski definition) is 3. The van der Waals surface area contributed by atoms with Crippen molar-refractivity contribution in [2.75, 3.05) is 19.4 Å². The van der Waals surface area contributed by atoms with E-state index in [1.807, 2.05) is 0 Å². The molecule has 1 aromatic rings. The van der Waals surface area contributed by atoms with E-state index in [0.717, 1.165) is 24.9 Å². The van der Waals surface area contributed by atoms with Crippen LogP contribution in [0.1, 0.15) is 38.2 Å². The first-order valence-electron chi connectivity index (χ1n) is 7.34. The molecule has 0 saturated carbocycles. The molecule has 1 aromatic carbocycles. The molecule has 1 amide bonds. The van der Waals surface area contributed by atoms with Crippen LogP contribution in [0.15, 0.2) is 18.2 Å². The number of hydrogen-bond donors (Lipinski definition) is 1. The molecule has 0 atom stereocenters. The Morgan fingerprint density at radius 1 is 1.33 bits per heavy atom. The highest BCUT2D eigenvalue weighted by Crippen LogP contribution is 2.23. The average molecular weight is 313 g/mol. The fraction of sp³-hybridized carbons (Fsp3) is 0.562. The van der Waals surface area contributed by atoms with E-state index in [9.17, 15) is 9.18 Å². The van der Waals surface area contributed by atoms with E-state index in [-0.39, 0.29) is 11.7 Å². The van der Waals surface area contributed by atoms with Crippen LogP contribution in [0.2, 0.25) is 0 Å². The van der Waals surface area contributed by atoms with Crippen LogP contribution in [0.5, 0.6) is 5.75 Å². The van der Waals surface area contributed by atoms with Crippen molar-refractivity contribution >= 4 is 17.7 Å². The smallest absolute Gasteiger partial charge is 0.230 e. The van der Waals surface area contributed by atoms with Gasteiger partial charge < -0.3 is 10.1 Å². The maximum Gasteiger partial charge on any atom is 0.230 e. The molecule has 0 unspecified atom stereocenters. The first-order valence-corrected chi connectivity index (χ1v) is 8.49. The molecule has 0 fully saturated rings. The zero-order chi connectivity index (χ0) is 15.5. The molecule has 0 aromatic heterocycles. The van der Waals surface area contributed by atoms with Crippen molar-refractivity contribution in [3.05, 3.63) is 29.6 Å². The molecule has 0 spiro atoms. The van der Waals surface area contributed by atoms with Crippen LogP contribution >= 0.6 is 11.8 Å². The molecular weight excluding hydrogens is 289 g/mol. The summed E-state index contributed by atoms with van der Waals surface area (Å²) >= 11 is 1.46. The summed E-state index contributed by atoms with van der Waals surface area (Å²) in [6, 6.07) is 4.43. The second kappa shape index (κ2) is 10.5. The molecule has 5 heteroatoms. The fourth-order valence-electron chi connectivity index (χ4n) is 1.94. The molecule has 1 rings (SSSR count). The lowest BCUT2D eigenvalue weighted by molar-refractivity contribution is -0.118. The van der Waals surface area contributed by atoms with E-state index in [2.05, 4.69) is 12.2 Å². The Morgan fingerprint density at radius 3 is 2.86 bits per heavy atom. The van der Waals surface area contributed by atoms with Gasteiger partial charge in [-0.15, -0.1) is 11.8 Å². The van der Waals surface area contributed by atoms with Gasteiger partial charge in [-0.05, 0) is 24.6 Å². The van der Waals surface area contributed by atoms with Crippen molar-refractivity contribution in [2.45, 2.75) is 38.4 Å². The van der Waals surface area contributed by atoms with Gasteiger partial charge in [0.05, 0.1) is 12.9 Å². The Hall–Kier alpha value is -1.23. The highest BCUT2D eigenvalue weighted by atomic mass is 32.2. The summed E-state index contributed by atoms with van der Waals surface area (Å²) in [5, 5.41) is 2.90. The molecule has 0 heterocycles. The second-order valence-electron chi connectivity index (χ2n) is 4.86. The third-order valence-electron chi connectivity index (χ3n) is 3.09. The van der Waals surface area contributed by atoms with E-state index >= 15 is 0 Å². The quantitative estimate of drug-likeness (QED) is 0.668. The fourth-order valence-corrected chi connectivity index (χ4v) is 2.78. The van der Waals surface area contributed by atoms with Crippen molar-refractivity contribution in [3.8, 4) is 5.75 Å². The standard InChI is InChI=1S/C16H24FNO2S/c1-3-4-5-6-9-18-16(19)12-21-11-13-10-14(17)7-8-15(13)20-2/h7-8,10H,3-6,9,11-12H2,1-2H3,(H,18,19). The van der Waals surface area contributed by atoms with E-state index < -0.39 is 0 Å². The lowest BCUT2D eigenvalue weighted by Crippen LogP contribution is -2.26. The van der Waals surface area contributed by atoms with Gasteiger partial charge in [0.1, 0.15) is 11.6 Å². The van der Waals surface area contributed by atoms with Gasteiger partial charge in [0.25, 0.3) is 0 Å². The van der Waals surface area contributed by atoms with Crippen LogP contribution in [0.3, 0.4) is 0 Å². The zero-order valence-electron chi connectivity index (χ0n) is 12.8. The molecule has 0 bridgehead atoms. The molecule has 21 heavy (non-hydrogen) atoms. The summed E-state index contributed by atoms with van der Waals surface area (Å²) in [7, 11) is 1.56. The van der Waals surface area contributed by atoms with Crippen LogP contribution in [0.4, 0.5) is 4.39 Å². The van der Waals surface area contributed by atoms with Crippen LogP contribution in [0, 0.1) is 5.82 Å². The first kappa shape index (κ1) is 17.8. The number of amides is 1. The van der Waals surface area contributed by atoms with Gasteiger partial charge in [-0.3, -0.25) is 4.79 Å². The van der Waals surface area contributed by atoms with Gasteiger partial charge in [-0.1, -0.05) is 26.2 Å². The Balaban J connectivity index is 2.24. The number of nitrogens with one attached hydrogen (secondary N) is 1. The molecule has 118 valence electrons. The number of carbonyl (C=O) groups is 1. The summed E-state index contributed by atoms with van der Waals surface area (Å²) in [5.74, 6) is 1.35. The normalized spacial score (nSPS) is 10.4. The third kappa shape index (κ3) is 7.37. The Bertz CT molecular complexity index is 440. The molecule has 3 nitrogen and oxygen atoms in total. The highest BCUT2D eigenvalue weighted by Gasteiger charge is 2.07.